The number of aryl methyl sites for hydroxylation is 2. The second kappa shape index (κ2) is 10.5. The van der Waals surface area contributed by atoms with Crippen molar-refractivity contribution in [1.82, 2.24) is 0 Å². The van der Waals surface area contributed by atoms with Gasteiger partial charge in [-0.2, -0.15) is 0 Å². The van der Waals surface area contributed by atoms with Crippen LogP contribution in [0.25, 0.3) is 6.08 Å². The fraction of sp³-hybridized carbons (Fsp3) is 0.214. The van der Waals surface area contributed by atoms with E-state index in [1.54, 1.807) is 4.90 Å². The minimum absolute atomic E-state index is 0.0830. The molecule has 0 spiro atoms. The number of thioether (sulfide) groups is 1. The second-order valence-corrected chi connectivity index (χ2v) is 9.07. The van der Waals surface area contributed by atoms with Gasteiger partial charge in [-0.05, 0) is 79.6 Å². The predicted octanol–water partition coefficient (Wildman–Crippen LogP) is 7.29. The van der Waals surface area contributed by atoms with Crippen molar-refractivity contribution in [2.24, 2.45) is 4.99 Å². The molecule has 0 radical (unpaired) electrons. The summed E-state index contributed by atoms with van der Waals surface area (Å²) in [5.74, 6) is 0.707. The van der Waals surface area contributed by atoms with Crippen LogP contribution >= 0.6 is 11.8 Å². The number of amidine groups is 1. The number of rotatable bonds is 7. The molecule has 1 aliphatic rings. The van der Waals surface area contributed by atoms with E-state index in [2.05, 4.69) is 6.92 Å². The summed E-state index contributed by atoms with van der Waals surface area (Å²) in [5.41, 5.74) is 4.75. The van der Waals surface area contributed by atoms with E-state index in [-0.39, 0.29) is 5.91 Å². The molecule has 1 aliphatic heterocycles. The third kappa shape index (κ3) is 5.55. The van der Waals surface area contributed by atoms with Gasteiger partial charge < -0.3 is 4.74 Å². The van der Waals surface area contributed by atoms with E-state index >= 15 is 0 Å². The van der Waals surface area contributed by atoms with Crippen molar-refractivity contribution in [2.45, 2.75) is 33.6 Å². The molecular formula is C28H28N2O2S. The highest BCUT2D eigenvalue weighted by Gasteiger charge is 2.35. The largest absolute Gasteiger partial charge is 0.493 e. The zero-order valence-corrected chi connectivity index (χ0v) is 20.1. The lowest BCUT2D eigenvalue weighted by Gasteiger charge is -2.16. The highest BCUT2D eigenvalue weighted by molar-refractivity contribution is 8.19. The third-order valence-corrected chi connectivity index (χ3v) is 6.22. The van der Waals surface area contributed by atoms with Crippen LogP contribution < -0.4 is 9.64 Å². The number of amides is 1. The lowest BCUT2D eigenvalue weighted by Crippen LogP contribution is -2.28. The molecule has 168 valence electrons. The summed E-state index contributed by atoms with van der Waals surface area (Å²) in [6.07, 6.45) is 3.98. The smallest absolute Gasteiger partial charge is 0.271 e. The fourth-order valence-corrected chi connectivity index (χ4v) is 4.54. The van der Waals surface area contributed by atoms with E-state index < -0.39 is 0 Å². The zero-order valence-electron chi connectivity index (χ0n) is 19.2. The molecule has 0 aliphatic carbocycles. The van der Waals surface area contributed by atoms with Gasteiger partial charge in [0, 0.05) is 5.56 Å². The quantitative estimate of drug-likeness (QED) is 0.277. The number of benzene rings is 3. The molecule has 3 aromatic carbocycles. The minimum Gasteiger partial charge on any atom is -0.493 e. The fourth-order valence-electron chi connectivity index (χ4n) is 3.55. The number of hydrogen-bond acceptors (Lipinski definition) is 4. The van der Waals surface area contributed by atoms with Gasteiger partial charge in [0.1, 0.15) is 5.75 Å². The lowest BCUT2D eigenvalue weighted by atomic mass is 10.1. The SMILES string of the molecule is CCCCOc1ccccc1C=C1SC(=Nc2cccc(C)c2)N(c2cccc(C)c2)C1=O. The topological polar surface area (TPSA) is 41.9 Å². The van der Waals surface area contributed by atoms with E-state index in [0.29, 0.717) is 16.7 Å². The minimum atomic E-state index is -0.0830. The van der Waals surface area contributed by atoms with E-state index in [4.69, 9.17) is 9.73 Å². The molecule has 0 atom stereocenters. The van der Waals surface area contributed by atoms with E-state index in [1.807, 2.05) is 92.7 Å². The van der Waals surface area contributed by atoms with Gasteiger partial charge in [-0.25, -0.2) is 4.99 Å². The van der Waals surface area contributed by atoms with Crippen LogP contribution in [0.2, 0.25) is 0 Å². The van der Waals surface area contributed by atoms with Crippen LogP contribution in [0, 0.1) is 13.8 Å². The van der Waals surface area contributed by atoms with E-state index in [0.717, 1.165) is 46.7 Å². The number of hydrogen-bond donors (Lipinski definition) is 0. The average molecular weight is 457 g/mol. The van der Waals surface area contributed by atoms with Crippen LogP contribution in [0.5, 0.6) is 5.75 Å². The Morgan fingerprint density at radius 1 is 0.970 bits per heavy atom. The Morgan fingerprint density at radius 2 is 1.73 bits per heavy atom. The molecule has 1 saturated heterocycles. The maximum Gasteiger partial charge on any atom is 0.271 e. The van der Waals surface area contributed by atoms with Crippen LogP contribution in [0.1, 0.15) is 36.5 Å². The third-order valence-electron chi connectivity index (χ3n) is 5.25. The Labute approximate surface area is 200 Å². The molecule has 5 heteroatoms. The van der Waals surface area contributed by atoms with Gasteiger partial charge in [0.25, 0.3) is 5.91 Å². The molecule has 1 fully saturated rings. The number of aliphatic imine (C=N–C) groups is 1. The standard InChI is InChI=1S/C28H28N2O2S/c1-4-5-16-32-25-15-7-6-12-22(25)19-26-27(31)30(24-14-9-11-21(3)18-24)28(33-26)29-23-13-8-10-20(2)17-23/h6-15,17-19H,4-5,16H2,1-3H3. The number of ether oxygens (including phenoxy) is 1. The molecule has 0 saturated carbocycles. The first kappa shape index (κ1) is 22.9. The monoisotopic (exact) mass is 456 g/mol. The highest BCUT2D eigenvalue weighted by Crippen LogP contribution is 2.38. The molecule has 0 aromatic heterocycles. The van der Waals surface area contributed by atoms with Crippen LogP contribution in [0.15, 0.2) is 82.7 Å². The molecule has 3 aromatic rings. The summed E-state index contributed by atoms with van der Waals surface area (Å²) in [5, 5.41) is 0.645. The van der Waals surface area contributed by atoms with Crippen LogP contribution in [0.4, 0.5) is 11.4 Å². The Bertz CT molecular complexity index is 1220. The first-order chi connectivity index (χ1) is 16.0. The van der Waals surface area contributed by atoms with Gasteiger partial charge in [-0.15, -0.1) is 0 Å². The molecule has 4 rings (SSSR count). The molecule has 0 bridgehead atoms. The van der Waals surface area contributed by atoms with Crippen molar-refractivity contribution in [2.75, 3.05) is 11.5 Å². The second-order valence-electron chi connectivity index (χ2n) is 8.06. The van der Waals surface area contributed by atoms with Crippen molar-refractivity contribution >= 4 is 40.3 Å². The van der Waals surface area contributed by atoms with Crippen molar-refractivity contribution in [3.8, 4) is 5.75 Å². The zero-order chi connectivity index (χ0) is 23.2. The number of carbonyl (C=O) groups is 1. The lowest BCUT2D eigenvalue weighted by molar-refractivity contribution is -0.113. The van der Waals surface area contributed by atoms with Gasteiger partial charge in [-0.3, -0.25) is 9.69 Å². The van der Waals surface area contributed by atoms with Gasteiger partial charge >= 0.3 is 0 Å². The van der Waals surface area contributed by atoms with Crippen molar-refractivity contribution in [3.63, 3.8) is 0 Å². The van der Waals surface area contributed by atoms with Crippen molar-refractivity contribution in [1.29, 1.82) is 0 Å². The number of carbonyl (C=O) groups excluding carboxylic acids is 1. The van der Waals surface area contributed by atoms with E-state index in [9.17, 15) is 4.79 Å². The van der Waals surface area contributed by atoms with Crippen molar-refractivity contribution in [3.05, 3.63) is 94.4 Å². The molecule has 1 heterocycles. The first-order valence-corrected chi connectivity index (χ1v) is 12.0. The van der Waals surface area contributed by atoms with Gasteiger partial charge in [0.05, 0.1) is 22.9 Å². The highest BCUT2D eigenvalue weighted by atomic mass is 32.2. The molecule has 1 amide bonds. The van der Waals surface area contributed by atoms with Gasteiger partial charge in [0.2, 0.25) is 0 Å². The van der Waals surface area contributed by atoms with Crippen LogP contribution in [-0.2, 0) is 4.79 Å². The molecule has 0 N–H and O–H groups in total. The van der Waals surface area contributed by atoms with Crippen LogP contribution in [0.3, 0.4) is 0 Å². The summed E-state index contributed by atoms with van der Waals surface area (Å²) in [4.78, 5) is 20.7. The molecule has 0 unspecified atom stereocenters. The maximum absolute atomic E-state index is 13.6. The molecule has 33 heavy (non-hydrogen) atoms. The summed E-state index contributed by atoms with van der Waals surface area (Å²) in [7, 11) is 0. The number of nitrogens with zero attached hydrogens (tertiary/aromatic N) is 2. The number of anilines is 1. The summed E-state index contributed by atoms with van der Waals surface area (Å²) in [6.45, 7) is 6.86. The number of para-hydroxylation sites is 1. The van der Waals surface area contributed by atoms with Crippen molar-refractivity contribution < 1.29 is 9.53 Å². The summed E-state index contributed by atoms with van der Waals surface area (Å²) in [6, 6.07) is 23.8. The predicted molar refractivity (Wildman–Crippen MR) is 139 cm³/mol. The number of unbranched alkanes of at least 4 members (excludes halogenated alkanes) is 1. The Hall–Kier alpha value is -3.31. The van der Waals surface area contributed by atoms with Gasteiger partial charge in [-0.1, -0.05) is 55.8 Å². The Morgan fingerprint density at radius 3 is 2.48 bits per heavy atom. The normalized spacial score (nSPS) is 16.1. The average Bonchev–Trinajstić information content (AvgIpc) is 3.09. The summed E-state index contributed by atoms with van der Waals surface area (Å²) >= 11 is 1.39. The van der Waals surface area contributed by atoms with Crippen LogP contribution in [-0.4, -0.2) is 17.7 Å². The molecular weight excluding hydrogens is 428 g/mol. The summed E-state index contributed by atoms with van der Waals surface area (Å²) < 4.78 is 5.98. The molecule has 4 nitrogen and oxygen atoms in total. The maximum atomic E-state index is 13.6. The first-order valence-electron chi connectivity index (χ1n) is 11.2. The van der Waals surface area contributed by atoms with Gasteiger partial charge in [0.15, 0.2) is 5.17 Å². The Kier molecular flexibility index (Phi) is 7.30. The van der Waals surface area contributed by atoms with E-state index in [1.165, 1.54) is 11.8 Å². The Balaban J connectivity index is 1.74.